The van der Waals surface area contributed by atoms with Gasteiger partial charge in [0.1, 0.15) is 6.61 Å². The summed E-state index contributed by atoms with van der Waals surface area (Å²) in [6.07, 6.45) is 2.99. The van der Waals surface area contributed by atoms with Crippen LogP contribution in [-0.4, -0.2) is 12.6 Å². The number of rotatable bonds is 2. The van der Waals surface area contributed by atoms with E-state index >= 15 is 0 Å². The van der Waals surface area contributed by atoms with Gasteiger partial charge in [0, 0.05) is 42.1 Å². The van der Waals surface area contributed by atoms with E-state index < -0.39 is 5.97 Å². The molecule has 0 aromatic rings. The molecule has 0 aliphatic carbocycles. The van der Waals surface area contributed by atoms with Gasteiger partial charge in [0.2, 0.25) is 0 Å². The minimum absolute atomic E-state index is 0. The maximum atomic E-state index is 9.82. The molecule has 0 aliphatic heterocycles. The van der Waals surface area contributed by atoms with Gasteiger partial charge >= 0.3 is 0 Å². The summed E-state index contributed by atoms with van der Waals surface area (Å²) in [5.41, 5.74) is 0. The van der Waals surface area contributed by atoms with Crippen LogP contribution in [0, 0.1) is 13.8 Å². The van der Waals surface area contributed by atoms with Gasteiger partial charge < -0.3 is 4.74 Å². The molecule has 0 fully saturated rings. The summed E-state index contributed by atoms with van der Waals surface area (Å²) in [7, 11) is 0. The van der Waals surface area contributed by atoms with Crippen LogP contribution in [0.15, 0.2) is 25.3 Å². The van der Waals surface area contributed by atoms with Gasteiger partial charge in [-0.15, -0.1) is 0 Å². The van der Waals surface area contributed by atoms with E-state index in [1.807, 2.05) is 0 Å². The van der Waals surface area contributed by atoms with Crippen LogP contribution in [0.5, 0.6) is 0 Å². The van der Waals surface area contributed by atoms with Crippen molar-refractivity contribution in [1.29, 1.82) is 0 Å². The Hall–Kier alpha value is 0.0666. The van der Waals surface area contributed by atoms with E-state index in [-0.39, 0.29) is 48.7 Å². The Kier molecular flexibility index (Phi) is 42.5. The number of carbonyl (C=O) groups is 1. The molecular weight excluding hydrogens is 496 g/mol. The molecule has 0 saturated carbocycles. The molecule has 0 N–H and O–H groups in total. The Labute approximate surface area is 103 Å². The van der Waals surface area contributed by atoms with Crippen molar-refractivity contribution in [2.24, 2.45) is 0 Å². The minimum Gasteiger partial charge on any atom is -0.484 e. The third kappa shape index (κ3) is 50.0. The molecule has 70 valence electrons. The summed E-state index contributed by atoms with van der Waals surface area (Å²) in [6, 6.07) is 0. The van der Waals surface area contributed by atoms with Gasteiger partial charge in [-0.05, 0) is 0 Å². The van der Waals surface area contributed by atoms with E-state index in [1.54, 1.807) is 0 Å². The SMILES string of the molecule is C=CCOC([CH2-])=O.C=C[CH2-].[W].[W]. The summed E-state index contributed by atoms with van der Waals surface area (Å²) in [4.78, 5) is 9.82. The molecule has 0 unspecified atom stereocenters. The van der Waals surface area contributed by atoms with Gasteiger partial charge in [0.25, 0.3) is 0 Å². The van der Waals surface area contributed by atoms with Crippen molar-refractivity contribution in [3.63, 3.8) is 0 Å². The summed E-state index contributed by atoms with van der Waals surface area (Å²) in [5.74, 6) is -0.514. The van der Waals surface area contributed by atoms with E-state index in [1.165, 1.54) is 12.2 Å². The molecule has 0 saturated heterocycles. The quantitative estimate of drug-likeness (QED) is 0.322. The number of hydrogen-bond donors (Lipinski definition) is 0. The molecule has 0 radical (unpaired) electrons. The Bertz CT molecular complexity index is 114. The Morgan fingerprint density at radius 3 is 1.83 bits per heavy atom. The first kappa shape index (κ1) is 22.7. The molecular formula is C8H12O2W2-2. The normalized spacial score (nSPS) is 5.33. The number of carbonyl (C=O) groups excluding carboxylic acids is 1. The van der Waals surface area contributed by atoms with Crippen molar-refractivity contribution in [3.05, 3.63) is 39.2 Å². The van der Waals surface area contributed by atoms with Crippen molar-refractivity contribution in [2.75, 3.05) is 6.61 Å². The van der Waals surface area contributed by atoms with Crippen LogP contribution in [0.2, 0.25) is 0 Å². The maximum Gasteiger partial charge on any atom is 0.164 e. The first-order chi connectivity index (χ1) is 4.68. The third-order valence-electron chi connectivity index (χ3n) is 0.362. The molecule has 4 heteroatoms. The van der Waals surface area contributed by atoms with Crippen LogP contribution >= 0.6 is 0 Å². The van der Waals surface area contributed by atoms with E-state index in [4.69, 9.17) is 0 Å². The number of hydrogen-bond acceptors (Lipinski definition) is 2. The van der Waals surface area contributed by atoms with Crippen molar-refractivity contribution in [2.45, 2.75) is 0 Å². The van der Waals surface area contributed by atoms with Crippen molar-refractivity contribution in [1.82, 2.24) is 0 Å². The molecule has 0 aliphatic rings. The zero-order valence-electron chi connectivity index (χ0n) is 6.82. The Morgan fingerprint density at radius 1 is 1.42 bits per heavy atom. The van der Waals surface area contributed by atoms with Crippen molar-refractivity contribution < 1.29 is 51.7 Å². The molecule has 0 heterocycles. The predicted octanol–water partition coefficient (Wildman–Crippen LogP) is 1.55. The summed E-state index contributed by atoms with van der Waals surface area (Å²) in [5, 5.41) is 0. The maximum absolute atomic E-state index is 9.82. The van der Waals surface area contributed by atoms with E-state index in [0.29, 0.717) is 0 Å². The standard InChI is InChI=1S/C5H7O2.C3H5.2W/c1-3-4-7-5(2)6;1-3-2;;/h3H,1-2,4H2;3H,1-2H2;;/q2*-1;;. The molecule has 0 rings (SSSR count). The van der Waals surface area contributed by atoms with Crippen LogP contribution < -0.4 is 0 Å². The average Bonchev–Trinajstić information content (AvgIpc) is 1.85. The van der Waals surface area contributed by atoms with Gasteiger partial charge in [-0.1, -0.05) is 12.7 Å². The fraction of sp³-hybridized carbons (Fsp3) is 0.125. The molecule has 0 bridgehead atoms. The summed E-state index contributed by atoms with van der Waals surface area (Å²) < 4.78 is 4.32. The number of allylic oxidation sites excluding steroid dienone is 1. The van der Waals surface area contributed by atoms with E-state index in [9.17, 15) is 4.79 Å². The third-order valence-corrected chi connectivity index (χ3v) is 0.362. The van der Waals surface area contributed by atoms with Crippen LogP contribution in [0.4, 0.5) is 0 Å². The minimum atomic E-state index is -0.514. The zero-order valence-corrected chi connectivity index (χ0v) is 12.7. The Morgan fingerprint density at radius 2 is 1.75 bits per heavy atom. The predicted molar refractivity (Wildman–Crippen MR) is 42.1 cm³/mol. The Balaban J connectivity index is -0.0000000569. The molecule has 12 heavy (non-hydrogen) atoms. The summed E-state index contributed by atoms with van der Waals surface area (Å²) in [6.45, 7) is 13.0. The van der Waals surface area contributed by atoms with Gasteiger partial charge in [0.15, 0.2) is 5.97 Å². The molecule has 0 atom stereocenters. The van der Waals surface area contributed by atoms with Crippen LogP contribution in [0.3, 0.4) is 0 Å². The largest absolute Gasteiger partial charge is 0.484 e. The average molecular weight is 508 g/mol. The van der Waals surface area contributed by atoms with Gasteiger partial charge in [-0.25, -0.2) is 19.6 Å². The second-order valence-corrected chi connectivity index (χ2v) is 1.26. The van der Waals surface area contributed by atoms with Gasteiger partial charge in [-0.2, -0.15) is 0 Å². The van der Waals surface area contributed by atoms with Crippen LogP contribution in [0.25, 0.3) is 0 Å². The molecule has 0 spiro atoms. The first-order valence-electron chi connectivity index (χ1n) is 2.68. The van der Waals surface area contributed by atoms with Gasteiger partial charge in [0.05, 0.1) is 0 Å². The van der Waals surface area contributed by atoms with E-state index in [0.717, 1.165) is 0 Å². The number of ether oxygens (including phenoxy) is 1. The molecule has 2 nitrogen and oxygen atoms in total. The fourth-order valence-corrected chi connectivity index (χ4v) is 0.152. The van der Waals surface area contributed by atoms with Crippen molar-refractivity contribution in [3.8, 4) is 0 Å². The molecule has 0 aromatic carbocycles. The summed E-state index contributed by atoms with van der Waals surface area (Å²) >= 11 is 0. The second-order valence-electron chi connectivity index (χ2n) is 1.26. The van der Waals surface area contributed by atoms with Crippen molar-refractivity contribution >= 4 is 5.97 Å². The molecule has 0 aromatic heterocycles. The zero-order chi connectivity index (χ0) is 8.41. The molecule has 0 amide bonds. The second kappa shape index (κ2) is 22.5. The van der Waals surface area contributed by atoms with Crippen LogP contribution in [0.1, 0.15) is 0 Å². The fourth-order valence-electron chi connectivity index (χ4n) is 0.152. The van der Waals surface area contributed by atoms with E-state index in [2.05, 4.69) is 31.7 Å². The monoisotopic (exact) mass is 508 g/mol. The van der Waals surface area contributed by atoms with Crippen LogP contribution in [-0.2, 0) is 51.7 Å². The smallest absolute Gasteiger partial charge is 0.164 e. The first-order valence-corrected chi connectivity index (χ1v) is 2.68. The number of esters is 1. The topological polar surface area (TPSA) is 26.3 Å². The van der Waals surface area contributed by atoms with Gasteiger partial charge in [-0.3, -0.25) is 11.7 Å².